The first-order valence-electron chi connectivity index (χ1n) is 8.57. The molecule has 1 aromatic heterocycles. The van der Waals surface area contributed by atoms with E-state index in [-0.39, 0.29) is 0 Å². The van der Waals surface area contributed by atoms with Gasteiger partial charge in [0.25, 0.3) is 0 Å². The third kappa shape index (κ3) is 2.97. The van der Waals surface area contributed by atoms with Gasteiger partial charge in [-0.1, -0.05) is 30.3 Å². The van der Waals surface area contributed by atoms with Crippen molar-refractivity contribution in [3.8, 4) is 0 Å². The molecule has 0 saturated heterocycles. The van der Waals surface area contributed by atoms with Gasteiger partial charge in [-0.25, -0.2) is 4.98 Å². The van der Waals surface area contributed by atoms with Gasteiger partial charge in [0.15, 0.2) is 0 Å². The summed E-state index contributed by atoms with van der Waals surface area (Å²) in [6, 6.07) is 23.2. The van der Waals surface area contributed by atoms with Crippen LogP contribution in [0.3, 0.4) is 0 Å². The van der Waals surface area contributed by atoms with Crippen molar-refractivity contribution in [1.82, 2.24) is 4.98 Å². The quantitative estimate of drug-likeness (QED) is 0.362. The van der Waals surface area contributed by atoms with Gasteiger partial charge >= 0.3 is 0 Å². The zero-order chi connectivity index (χ0) is 18.1. The van der Waals surface area contributed by atoms with Crippen molar-refractivity contribution in [2.24, 2.45) is 0 Å². The molecule has 0 atom stereocenters. The molecule has 0 aliphatic rings. The molecule has 0 amide bonds. The molecule has 1 heterocycles. The van der Waals surface area contributed by atoms with Gasteiger partial charge in [0.2, 0.25) is 0 Å². The minimum Gasteiger partial charge on any atom is -0.378 e. The first-order chi connectivity index (χ1) is 12.7. The lowest BCUT2D eigenvalue weighted by molar-refractivity contribution is 1.13. The van der Waals surface area contributed by atoms with Crippen LogP contribution in [0.25, 0.3) is 21.8 Å². The van der Waals surface area contributed by atoms with Crippen LogP contribution in [0, 0.1) is 0 Å². The van der Waals surface area contributed by atoms with E-state index < -0.39 is 0 Å². The third-order valence-electron chi connectivity index (χ3n) is 4.55. The molecular weight excluding hydrogens is 338 g/mol. The van der Waals surface area contributed by atoms with Gasteiger partial charge in [-0.3, -0.25) is 0 Å². The Kier molecular flexibility index (Phi) is 4.43. The van der Waals surface area contributed by atoms with Crippen molar-refractivity contribution in [1.29, 1.82) is 0 Å². The van der Waals surface area contributed by atoms with Gasteiger partial charge < -0.3 is 10.2 Å². The third-order valence-corrected chi connectivity index (χ3v) is 5.32. The summed E-state index contributed by atoms with van der Waals surface area (Å²) < 4.78 is 0. The van der Waals surface area contributed by atoms with Gasteiger partial charge in [0.05, 0.1) is 16.7 Å². The fraction of sp³-hybridized carbons (Fsp3) is 0.136. The second kappa shape index (κ2) is 6.89. The van der Waals surface area contributed by atoms with Crippen molar-refractivity contribution in [2.45, 2.75) is 4.90 Å². The molecule has 4 rings (SSSR count). The zero-order valence-corrected chi connectivity index (χ0v) is 16.0. The first-order valence-corrected chi connectivity index (χ1v) is 9.80. The van der Waals surface area contributed by atoms with E-state index in [0.717, 1.165) is 33.2 Å². The predicted molar refractivity (Wildman–Crippen MR) is 115 cm³/mol. The molecular formula is C22H21N3S. The van der Waals surface area contributed by atoms with Crippen LogP contribution in [0.2, 0.25) is 0 Å². The summed E-state index contributed by atoms with van der Waals surface area (Å²) in [5.41, 5.74) is 5.42. The Morgan fingerprint density at radius 3 is 2.31 bits per heavy atom. The van der Waals surface area contributed by atoms with Gasteiger partial charge in [-0.15, -0.1) is 11.8 Å². The number of benzene rings is 3. The number of thioether (sulfide) groups is 1. The molecule has 26 heavy (non-hydrogen) atoms. The number of fused-ring (bicyclic) bond motifs is 2. The summed E-state index contributed by atoms with van der Waals surface area (Å²) in [6.45, 7) is 0. The van der Waals surface area contributed by atoms with E-state index in [1.165, 1.54) is 10.6 Å². The van der Waals surface area contributed by atoms with Crippen LogP contribution >= 0.6 is 11.8 Å². The fourth-order valence-electron chi connectivity index (χ4n) is 3.17. The maximum Gasteiger partial charge on any atom is 0.0866 e. The van der Waals surface area contributed by atoms with Crippen molar-refractivity contribution in [2.75, 3.05) is 30.6 Å². The smallest absolute Gasteiger partial charge is 0.0866 e. The molecule has 4 aromatic rings. The standard InChI is InChI=1S/C22H21N3S/c1-25(2)16-13-11-15(12-14-16)23-21-17-7-4-5-9-19(17)24-22-18(21)8-6-10-20(22)26-3/h4-14H,1-3H3,(H,23,24). The second-order valence-corrected chi connectivity index (χ2v) is 7.27. The van der Waals surface area contributed by atoms with E-state index in [0.29, 0.717) is 0 Å². The summed E-state index contributed by atoms with van der Waals surface area (Å²) in [4.78, 5) is 8.22. The number of anilines is 3. The maximum atomic E-state index is 4.92. The number of hydrogen-bond acceptors (Lipinski definition) is 4. The van der Waals surface area contributed by atoms with Crippen LogP contribution in [0.15, 0.2) is 71.6 Å². The minimum absolute atomic E-state index is 1.01. The maximum absolute atomic E-state index is 4.92. The van der Waals surface area contributed by atoms with Crippen molar-refractivity contribution in [3.05, 3.63) is 66.7 Å². The van der Waals surface area contributed by atoms with E-state index in [1.54, 1.807) is 11.8 Å². The van der Waals surface area contributed by atoms with Gasteiger partial charge in [0.1, 0.15) is 0 Å². The Bertz CT molecular complexity index is 1070. The highest BCUT2D eigenvalue weighted by Gasteiger charge is 2.12. The van der Waals surface area contributed by atoms with E-state index >= 15 is 0 Å². The SMILES string of the molecule is CSc1cccc2c(Nc3ccc(N(C)C)cc3)c3ccccc3nc12. The Labute approximate surface area is 158 Å². The first kappa shape index (κ1) is 16.7. The lowest BCUT2D eigenvalue weighted by atomic mass is 10.1. The number of nitrogens with one attached hydrogen (secondary N) is 1. The molecule has 4 heteroatoms. The number of rotatable bonds is 4. The average Bonchev–Trinajstić information content (AvgIpc) is 2.67. The van der Waals surface area contributed by atoms with E-state index in [1.807, 2.05) is 6.07 Å². The predicted octanol–water partition coefficient (Wildman–Crippen LogP) is 5.92. The number of pyridine rings is 1. The van der Waals surface area contributed by atoms with Crippen molar-refractivity contribution in [3.63, 3.8) is 0 Å². The van der Waals surface area contributed by atoms with Crippen LogP contribution in [-0.4, -0.2) is 25.3 Å². The van der Waals surface area contributed by atoms with Crippen LogP contribution in [-0.2, 0) is 0 Å². The summed E-state index contributed by atoms with van der Waals surface area (Å²) in [5, 5.41) is 5.92. The van der Waals surface area contributed by atoms with Crippen molar-refractivity contribution >= 4 is 50.6 Å². The van der Waals surface area contributed by atoms with Gasteiger partial charge in [0, 0.05) is 41.1 Å². The molecule has 3 aromatic carbocycles. The Balaban J connectivity index is 1.91. The van der Waals surface area contributed by atoms with Crippen molar-refractivity contribution < 1.29 is 0 Å². The van der Waals surface area contributed by atoms with Gasteiger partial charge in [-0.2, -0.15) is 0 Å². The summed E-state index contributed by atoms with van der Waals surface area (Å²) in [7, 11) is 4.10. The Morgan fingerprint density at radius 2 is 1.58 bits per heavy atom. The molecule has 0 bridgehead atoms. The van der Waals surface area contributed by atoms with Gasteiger partial charge in [-0.05, 0) is 42.7 Å². The molecule has 3 nitrogen and oxygen atoms in total. The number of aromatic nitrogens is 1. The van der Waals surface area contributed by atoms with E-state index in [2.05, 4.69) is 91.2 Å². The Hall–Kier alpha value is -2.72. The number of nitrogens with zero attached hydrogens (tertiary/aromatic N) is 2. The highest BCUT2D eigenvalue weighted by molar-refractivity contribution is 7.98. The average molecular weight is 359 g/mol. The lowest BCUT2D eigenvalue weighted by Gasteiger charge is -2.16. The highest BCUT2D eigenvalue weighted by Crippen LogP contribution is 2.36. The normalized spacial score (nSPS) is 11.0. The summed E-state index contributed by atoms with van der Waals surface area (Å²) in [6.07, 6.45) is 2.10. The topological polar surface area (TPSA) is 28.2 Å². The molecule has 130 valence electrons. The molecule has 0 spiro atoms. The summed E-state index contributed by atoms with van der Waals surface area (Å²) >= 11 is 1.73. The largest absolute Gasteiger partial charge is 0.378 e. The van der Waals surface area contributed by atoms with Crippen LogP contribution in [0.4, 0.5) is 17.1 Å². The Morgan fingerprint density at radius 1 is 0.846 bits per heavy atom. The molecule has 0 aliphatic carbocycles. The van der Waals surface area contributed by atoms with E-state index in [4.69, 9.17) is 4.98 Å². The minimum atomic E-state index is 1.01. The van der Waals surface area contributed by atoms with Crippen LogP contribution < -0.4 is 10.2 Å². The monoisotopic (exact) mass is 359 g/mol. The fourth-order valence-corrected chi connectivity index (χ4v) is 3.74. The zero-order valence-electron chi connectivity index (χ0n) is 15.2. The van der Waals surface area contributed by atoms with E-state index in [9.17, 15) is 0 Å². The summed E-state index contributed by atoms with van der Waals surface area (Å²) in [5.74, 6) is 0. The molecule has 0 aliphatic heterocycles. The molecule has 0 unspecified atom stereocenters. The lowest BCUT2D eigenvalue weighted by Crippen LogP contribution is -2.08. The van der Waals surface area contributed by atoms with Crippen LogP contribution in [0.5, 0.6) is 0 Å². The number of para-hydroxylation sites is 2. The highest BCUT2D eigenvalue weighted by atomic mass is 32.2. The number of hydrogen-bond donors (Lipinski definition) is 1. The molecule has 0 fully saturated rings. The molecule has 0 radical (unpaired) electrons. The van der Waals surface area contributed by atoms with Crippen LogP contribution in [0.1, 0.15) is 0 Å². The second-order valence-electron chi connectivity index (χ2n) is 6.43. The molecule has 1 N–H and O–H groups in total. The molecule has 0 saturated carbocycles.